The van der Waals surface area contributed by atoms with Gasteiger partial charge in [-0.3, -0.25) is 14.6 Å². The predicted octanol–water partition coefficient (Wildman–Crippen LogP) is 2.90. The van der Waals surface area contributed by atoms with Gasteiger partial charge in [0.2, 0.25) is 0 Å². The van der Waals surface area contributed by atoms with Gasteiger partial charge in [0.05, 0.1) is 12.3 Å². The molecule has 3 N–H and O–H groups in total. The fraction of sp³-hybridized carbons (Fsp3) is 0.208. The van der Waals surface area contributed by atoms with E-state index >= 15 is 0 Å². The highest BCUT2D eigenvalue weighted by Gasteiger charge is 2.29. The van der Waals surface area contributed by atoms with Crippen LogP contribution in [0, 0.1) is 11.3 Å². The first-order chi connectivity index (χ1) is 16.0. The summed E-state index contributed by atoms with van der Waals surface area (Å²) in [6.45, 7) is 3.02. The number of aromatic nitrogens is 2. The lowest BCUT2D eigenvalue weighted by Gasteiger charge is -2.31. The number of pyridine rings is 2. The Hall–Kier alpha value is -4.45. The number of amides is 1. The van der Waals surface area contributed by atoms with Crippen molar-refractivity contribution >= 4 is 18.2 Å². The summed E-state index contributed by atoms with van der Waals surface area (Å²) in [6.07, 6.45) is 3.77. The molecule has 9 heteroatoms. The number of para-hydroxylation sites is 1. The Labute approximate surface area is 191 Å². The van der Waals surface area contributed by atoms with Gasteiger partial charge < -0.3 is 20.5 Å². The summed E-state index contributed by atoms with van der Waals surface area (Å²) in [6, 6.07) is 13.2. The second-order valence-corrected chi connectivity index (χ2v) is 7.03. The van der Waals surface area contributed by atoms with Crippen molar-refractivity contribution in [2.24, 2.45) is 0 Å². The number of carbonyl (C=O) groups is 2. The maximum atomic E-state index is 13.0. The van der Waals surface area contributed by atoms with Crippen molar-refractivity contribution in [1.29, 1.82) is 5.26 Å². The molecular weight excluding hydrogens is 422 g/mol. The number of benzene rings is 1. The van der Waals surface area contributed by atoms with E-state index in [0.29, 0.717) is 48.6 Å². The molecule has 4 rings (SSSR count). The standard InChI is InChI=1S/C23H21N5O2.CH2O2/c1-2-30-20-6-4-3-5-16(20)21-17(13-24)22(25)27-19-9-12-28(14-18(19)21)23(29)15-7-10-26-11-8-15;2-1-3/h3-8,10-11H,2,9,12,14H2,1H3,(H2,25,27);1H,(H,2,3). The summed E-state index contributed by atoms with van der Waals surface area (Å²) in [5, 5.41) is 16.7. The molecule has 0 aliphatic carbocycles. The van der Waals surface area contributed by atoms with Gasteiger partial charge in [0.1, 0.15) is 23.2 Å². The summed E-state index contributed by atoms with van der Waals surface area (Å²) in [7, 11) is 0. The summed E-state index contributed by atoms with van der Waals surface area (Å²) >= 11 is 0. The molecule has 0 radical (unpaired) electrons. The predicted molar refractivity (Wildman–Crippen MR) is 121 cm³/mol. The summed E-state index contributed by atoms with van der Waals surface area (Å²) in [5.74, 6) is 0.788. The molecule has 1 amide bonds. The number of hydrogen-bond acceptors (Lipinski definition) is 7. The van der Waals surface area contributed by atoms with Gasteiger partial charge in [-0.2, -0.15) is 5.26 Å². The number of carboxylic acid groups (broad SMARTS) is 1. The minimum atomic E-state index is -0.250. The van der Waals surface area contributed by atoms with Crippen LogP contribution in [0.25, 0.3) is 11.1 Å². The van der Waals surface area contributed by atoms with Crippen LogP contribution in [0.4, 0.5) is 5.82 Å². The normalized spacial score (nSPS) is 11.9. The molecule has 168 valence electrons. The topological polar surface area (TPSA) is 142 Å². The summed E-state index contributed by atoms with van der Waals surface area (Å²) < 4.78 is 5.81. The molecule has 9 nitrogen and oxygen atoms in total. The maximum absolute atomic E-state index is 13.0. The van der Waals surface area contributed by atoms with Gasteiger partial charge in [0, 0.05) is 54.2 Å². The van der Waals surface area contributed by atoms with Crippen LogP contribution < -0.4 is 10.5 Å². The smallest absolute Gasteiger partial charge is 0.290 e. The third-order valence-electron chi connectivity index (χ3n) is 5.16. The average Bonchev–Trinajstić information content (AvgIpc) is 2.84. The number of hydrogen-bond donors (Lipinski definition) is 2. The van der Waals surface area contributed by atoms with Crippen LogP contribution >= 0.6 is 0 Å². The fourth-order valence-electron chi connectivity index (χ4n) is 3.80. The number of nitrogens with zero attached hydrogens (tertiary/aromatic N) is 4. The molecule has 2 aromatic heterocycles. The van der Waals surface area contributed by atoms with Crippen molar-refractivity contribution in [2.45, 2.75) is 19.9 Å². The molecule has 0 fully saturated rings. The van der Waals surface area contributed by atoms with E-state index in [9.17, 15) is 10.1 Å². The Morgan fingerprint density at radius 3 is 2.67 bits per heavy atom. The number of nitriles is 1. The molecule has 1 aliphatic heterocycles. The number of carbonyl (C=O) groups excluding carboxylic acids is 1. The van der Waals surface area contributed by atoms with Gasteiger partial charge in [-0.25, -0.2) is 4.98 Å². The fourth-order valence-corrected chi connectivity index (χ4v) is 3.80. The Balaban J connectivity index is 0.000000968. The Morgan fingerprint density at radius 1 is 1.30 bits per heavy atom. The summed E-state index contributed by atoms with van der Waals surface area (Å²) in [5.41, 5.74) is 10.1. The van der Waals surface area contributed by atoms with Gasteiger partial charge in [-0.05, 0) is 25.1 Å². The van der Waals surface area contributed by atoms with Crippen LogP contribution in [0.5, 0.6) is 5.75 Å². The van der Waals surface area contributed by atoms with Crippen LogP contribution in [-0.2, 0) is 17.8 Å². The van der Waals surface area contributed by atoms with E-state index in [1.54, 1.807) is 29.4 Å². The van der Waals surface area contributed by atoms with Crippen molar-refractivity contribution in [3.05, 3.63) is 71.2 Å². The number of rotatable bonds is 4. The number of fused-ring (bicyclic) bond motifs is 1. The quantitative estimate of drug-likeness (QED) is 0.584. The number of nitrogens with two attached hydrogens (primary N) is 1. The van der Waals surface area contributed by atoms with Crippen molar-refractivity contribution in [3.8, 4) is 22.9 Å². The van der Waals surface area contributed by atoms with E-state index in [0.717, 1.165) is 16.8 Å². The zero-order valence-electron chi connectivity index (χ0n) is 18.1. The Bertz CT molecular complexity index is 1190. The van der Waals surface area contributed by atoms with Crippen molar-refractivity contribution in [3.63, 3.8) is 0 Å². The van der Waals surface area contributed by atoms with E-state index in [1.807, 2.05) is 31.2 Å². The molecule has 0 atom stereocenters. The molecule has 0 saturated carbocycles. The van der Waals surface area contributed by atoms with Crippen LogP contribution in [-0.4, -0.2) is 45.5 Å². The highest BCUT2D eigenvalue weighted by molar-refractivity contribution is 5.94. The molecule has 1 aliphatic rings. The van der Waals surface area contributed by atoms with Crippen molar-refractivity contribution in [1.82, 2.24) is 14.9 Å². The highest BCUT2D eigenvalue weighted by Crippen LogP contribution is 2.39. The van der Waals surface area contributed by atoms with E-state index in [4.69, 9.17) is 20.4 Å². The minimum Gasteiger partial charge on any atom is -0.493 e. The third kappa shape index (κ3) is 4.91. The SMILES string of the molecule is CCOc1ccccc1-c1c(C#N)c(N)nc2c1CN(C(=O)c1ccncc1)CC2.O=CO. The molecule has 1 aromatic carbocycles. The molecule has 0 unspecified atom stereocenters. The van der Waals surface area contributed by atoms with Crippen LogP contribution in [0.15, 0.2) is 48.8 Å². The number of ether oxygens (including phenoxy) is 1. The largest absolute Gasteiger partial charge is 0.493 e. The lowest BCUT2D eigenvalue weighted by Crippen LogP contribution is -2.37. The van der Waals surface area contributed by atoms with Gasteiger partial charge in [-0.1, -0.05) is 18.2 Å². The molecule has 3 heterocycles. The van der Waals surface area contributed by atoms with Gasteiger partial charge in [0.25, 0.3) is 12.4 Å². The lowest BCUT2D eigenvalue weighted by atomic mass is 9.90. The number of nitrogen functional groups attached to an aromatic ring is 1. The molecule has 3 aromatic rings. The maximum Gasteiger partial charge on any atom is 0.290 e. The zero-order valence-corrected chi connectivity index (χ0v) is 18.1. The third-order valence-corrected chi connectivity index (χ3v) is 5.16. The summed E-state index contributed by atoms with van der Waals surface area (Å²) in [4.78, 5) is 31.6. The van der Waals surface area contributed by atoms with Crippen LogP contribution in [0.3, 0.4) is 0 Å². The van der Waals surface area contributed by atoms with Crippen LogP contribution in [0.1, 0.15) is 34.1 Å². The van der Waals surface area contributed by atoms with Gasteiger partial charge in [-0.15, -0.1) is 0 Å². The van der Waals surface area contributed by atoms with E-state index in [-0.39, 0.29) is 18.2 Å². The molecule has 0 spiro atoms. The molecule has 33 heavy (non-hydrogen) atoms. The van der Waals surface area contributed by atoms with Crippen molar-refractivity contribution in [2.75, 3.05) is 18.9 Å². The Kier molecular flexibility index (Phi) is 7.55. The highest BCUT2D eigenvalue weighted by atomic mass is 16.5. The van der Waals surface area contributed by atoms with Crippen molar-refractivity contribution < 1.29 is 19.4 Å². The van der Waals surface area contributed by atoms with E-state index in [1.165, 1.54) is 0 Å². The first kappa shape index (κ1) is 23.2. The monoisotopic (exact) mass is 445 g/mol. The second kappa shape index (κ2) is 10.7. The second-order valence-electron chi connectivity index (χ2n) is 7.03. The Morgan fingerprint density at radius 2 is 2.00 bits per heavy atom. The van der Waals surface area contributed by atoms with Gasteiger partial charge >= 0.3 is 0 Å². The van der Waals surface area contributed by atoms with Gasteiger partial charge in [0.15, 0.2) is 0 Å². The molecular formula is C24H23N5O4. The van der Waals surface area contributed by atoms with E-state index < -0.39 is 0 Å². The molecule has 0 bridgehead atoms. The lowest BCUT2D eigenvalue weighted by molar-refractivity contribution is -0.122. The zero-order chi connectivity index (χ0) is 23.8. The van der Waals surface area contributed by atoms with E-state index in [2.05, 4.69) is 16.0 Å². The average molecular weight is 445 g/mol. The number of anilines is 1. The van der Waals surface area contributed by atoms with Crippen LogP contribution in [0.2, 0.25) is 0 Å². The molecule has 0 saturated heterocycles. The minimum absolute atomic E-state index is 0.0811. The first-order valence-electron chi connectivity index (χ1n) is 10.3. The first-order valence-corrected chi connectivity index (χ1v) is 10.3.